The summed E-state index contributed by atoms with van der Waals surface area (Å²) in [4.78, 5) is 4.04. The van der Waals surface area contributed by atoms with E-state index in [0.29, 0.717) is 29.1 Å². The lowest BCUT2D eigenvalue weighted by Crippen LogP contribution is -2.25. The first-order valence-electron chi connectivity index (χ1n) is 6.54. The van der Waals surface area contributed by atoms with E-state index in [0.717, 1.165) is 6.54 Å². The van der Waals surface area contributed by atoms with Crippen molar-refractivity contribution in [3.05, 3.63) is 23.6 Å². The van der Waals surface area contributed by atoms with Gasteiger partial charge in [-0.15, -0.1) is 0 Å². The SMILES string of the molecule is CC(C)C(CNc1nccc(CN)c1F)C(C)C. The fourth-order valence-electron chi connectivity index (χ4n) is 2.22. The van der Waals surface area contributed by atoms with E-state index in [1.54, 1.807) is 12.3 Å². The molecule has 0 aliphatic heterocycles. The molecule has 0 aliphatic rings. The van der Waals surface area contributed by atoms with Crippen molar-refractivity contribution < 1.29 is 4.39 Å². The molecule has 0 atom stereocenters. The van der Waals surface area contributed by atoms with Gasteiger partial charge in [-0.3, -0.25) is 0 Å². The number of aromatic nitrogens is 1. The molecule has 0 spiro atoms. The van der Waals surface area contributed by atoms with E-state index in [9.17, 15) is 4.39 Å². The first-order valence-corrected chi connectivity index (χ1v) is 6.54. The number of nitrogens with two attached hydrogens (primary N) is 1. The fraction of sp³-hybridized carbons (Fsp3) is 0.643. The van der Waals surface area contributed by atoms with Crippen LogP contribution in [0.2, 0.25) is 0 Å². The van der Waals surface area contributed by atoms with Crippen molar-refractivity contribution in [3.8, 4) is 0 Å². The topological polar surface area (TPSA) is 50.9 Å². The highest BCUT2D eigenvalue weighted by molar-refractivity contribution is 5.39. The molecule has 0 saturated heterocycles. The monoisotopic (exact) mass is 253 g/mol. The zero-order valence-electron chi connectivity index (χ0n) is 11.7. The summed E-state index contributed by atoms with van der Waals surface area (Å²) < 4.78 is 13.9. The first-order chi connectivity index (χ1) is 8.47. The van der Waals surface area contributed by atoms with E-state index in [1.165, 1.54) is 0 Å². The Kier molecular flexibility index (Phi) is 5.54. The molecule has 1 heterocycles. The number of rotatable bonds is 6. The summed E-state index contributed by atoms with van der Waals surface area (Å²) in [6.07, 6.45) is 1.59. The van der Waals surface area contributed by atoms with Crippen LogP contribution in [0.25, 0.3) is 0 Å². The normalized spacial score (nSPS) is 11.6. The Morgan fingerprint density at radius 1 is 1.28 bits per heavy atom. The second-order valence-corrected chi connectivity index (χ2v) is 5.37. The summed E-state index contributed by atoms with van der Waals surface area (Å²) in [6, 6.07) is 1.61. The molecule has 0 aliphatic carbocycles. The highest BCUT2D eigenvalue weighted by Gasteiger charge is 2.18. The van der Waals surface area contributed by atoms with Gasteiger partial charge in [-0.1, -0.05) is 27.7 Å². The van der Waals surface area contributed by atoms with Crippen LogP contribution >= 0.6 is 0 Å². The predicted molar refractivity (Wildman–Crippen MR) is 73.7 cm³/mol. The second kappa shape index (κ2) is 6.69. The number of nitrogens with zero attached hydrogens (tertiary/aromatic N) is 1. The summed E-state index contributed by atoms with van der Waals surface area (Å²) in [5, 5.41) is 3.11. The van der Waals surface area contributed by atoms with Gasteiger partial charge in [0.1, 0.15) is 0 Å². The van der Waals surface area contributed by atoms with Gasteiger partial charge in [0, 0.05) is 24.8 Å². The van der Waals surface area contributed by atoms with Gasteiger partial charge in [0.25, 0.3) is 0 Å². The third-order valence-electron chi connectivity index (χ3n) is 3.41. The number of pyridine rings is 1. The van der Waals surface area contributed by atoms with Gasteiger partial charge in [0.2, 0.25) is 0 Å². The number of hydrogen-bond donors (Lipinski definition) is 2. The van der Waals surface area contributed by atoms with E-state index in [2.05, 4.69) is 38.0 Å². The minimum Gasteiger partial charge on any atom is -0.367 e. The van der Waals surface area contributed by atoms with E-state index in [1.807, 2.05) is 0 Å². The van der Waals surface area contributed by atoms with Crippen molar-refractivity contribution in [1.29, 1.82) is 0 Å². The molecule has 0 aromatic carbocycles. The Morgan fingerprint density at radius 2 is 1.89 bits per heavy atom. The van der Waals surface area contributed by atoms with E-state index in [4.69, 9.17) is 5.73 Å². The smallest absolute Gasteiger partial charge is 0.169 e. The van der Waals surface area contributed by atoms with E-state index in [-0.39, 0.29) is 12.4 Å². The van der Waals surface area contributed by atoms with Crippen LogP contribution in [0.5, 0.6) is 0 Å². The molecule has 4 heteroatoms. The van der Waals surface area contributed by atoms with Crippen LogP contribution in [0.3, 0.4) is 0 Å². The Bertz CT molecular complexity index is 369. The number of nitrogens with one attached hydrogen (secondary N) is 1. The lowest BCUT2D eigenvalue weighted by Gasteiger charge is -2.25. The van der Waals surface area contributed by atoms with Crippen LogP contribution in [0.15, 0.2) is 12.3 Å². The van der Waals surface area contributed by atoms with Gasteiger partial charge in [-0.2, -0.15) is 0 Å². The van der Waals surface area contributed by atoms with Crippen LogP contribution in [-0.4, -0.2) is 11.5 Å². The number of hydrogen-bond acceptors (Lipinski definition) is 3. The quantitative estimate of drug-likeness (QED) is 0.819. The molecule has 1 rings (SSSR count). The van der Waals surface area contributed by atoms with Gasteiger partial charge < -0.3 is 11.1 Å². The average molecular weight is 253 g/mol. The van der Waals surface area contributed by atoms with Gasteiger partial charge in [-0.05, 0) is 23.8 Å². The van der Waals surface area contributed by atoms with Gasteiger partial charge >= 0.3 is 0 Å². The minimum atomic E-state index is -0.328. The molecule has 0 radical (unpaired) electrons. The van der Waals surface area contributed by atoms with Crippen molar-refractivity contribution in [2.75, 3.05) is 11.9 Å². The Hall–Kier alpha value is -1.16. The third-order valence-corrected chi connectivity index (χ3v) is 3.41. The summed E-state index contributed by atoms with van der Waals surface area (Å²) in [7, 11) is 0. The van der Waals surface area contributed by atoms with Crippen LogP contribution in [0.4, 0.5) is 10.2 Å². The zero-order valence-corrected chi connectivity index (χ0v) is 11.7. The van der Waals surface area contributed by atoms with Crippen LogP contribution in [0.1, 0.15) is 33.3 Å². The summed E-state index contributed by atoms with van der Waals surface area (Å²) in [6.45, 7) is 9.67. The molecule has 3 nitrogen and oxygen atoms in total. The Morgan fingerprint density at radius 3 is 2.39 bits per heavy atom. The molecule has 0 unspecified atom stereocenters. The standard InChI is InChI=1S/C14H24FN3/c1-9(2)12(10(3)4)8-18-14-13(15)11(7-16)5-6-17-14/h5-6,9-10,12H,7-8,16H2,1-4H3,(H,17,18). The minimum absolute atomic E-state index is 0.195. The Balaban J connectivity index is 2.73. The number of halogens is 1. The Labute approximate surface area is 109 Å². The largest absolute Gasteiger partial charge is 0.367 e. The second-order valence-electron chi connectivity index (χ2n) is 5.37. The molecule has 1 aromatic heterocycles. The van der Waals surface area contributed by atoms with Gasteiger partial charge in [0.15, 0.2) is 11.6 Å². The molecule has 0 bridgehead atoms. The highest BCUT2D eigenvalue weighted by Crippen LogP contribution is 2.22. The predicted octanol–water partition coefficient (Wildman–Crippen LogP) is 3.02. The average Bonchev–Trinajstić information content (AvgIpc) is 2.30. The summed E-state index contributed by atoms with van der Waals surface area (Å²) in [5.41, 5.74) is 5.97. The zero-order chi connectivity index (χ0) is 13.7. The highest BCUT2D eigenvalue weighted by atomic mass is 19.1. The molecule has 3 N–H and O–H groups in total. The fourth-order valence-corrected chi connectivity index (χ4v) is 2.22. The maximum absolute atomic E-state index is 13.9. The van der Waals surface area contributed by atoms with Crippen LogP contribution < -0.4 is 11.1 Å². The third kappa shape index (κ3) is 3.67. The first kappa shape index (κ1) is 14.9. The molecule has 0 amide bonds. The lowest BCUT2D eigenvalue weighted by atomic mass is 9.85. The maximum atomic E-state index is 13.9. The summed E-state index contributed by atoms with van der Waals surface area (Å²) in [5.74, 6) is 1.58. The number of anilines is 1. The molecule has 1 aromatic rings. The molecular formula is C14H24FN3. The molecule has 0 saturated carbocycles. The summed E-state index contributed by atoms with van der Waals surface area (Å²) >= 11 is 0. The van der Waals surface area contributed by atoms with Crippen molar-refractivity contribution in [2.24, 2.45) is 23.5 Å². The van der Waals surface area contributed by atoms with E-state index < -0.39 is 0 Å². The molecule has 102 valence electrons. The molecule has 18 heavy (non-hydrogen) atoms. The van der Waals surface area contributed by atoms with Crippen molar-refractivity contribution >= 4 is 5.82 Å². The van der Waals surface area contributed by atoms with E-state index >= 15 is 0 Å². The molecule has 0 fully saturated rings. The van der Waals surface area contributed by atoms with Gasteiger partial charge in [-0.25, -0.2) is 9.37 Å². The maximum Gasteiger partial charge on any atom is 0.169 e. The van der Waals surface area contributed by atoms with Crippen molar-refractivity contribution in [2.45, 2.75) is 34.2 Å². The van der Waals surface area contributed by atoms with Crippen molar-refractivity contribution in [1.82, 2.24) is 4.98 Å². The van der Waals surface area contributed by atoms with Gasteiger partial charge in [0.05, 0.1) is 0 Å². The van der Waals surface area contributed by atoms with Crippen LogP contribution in [0, 0.1) is 23.6 Å². The lowest BCUT2D eigenvalue weighted by molar-refractivity contribution is 0.304. The van der Waals surface area contributed by atoms with Crippen LogP contribution in [-0.2, 0) is 6.54 Å². The molecular weight excluding hydrogens is 229 g/mol. The van der Waals surface area contributed by atoms with Crippen molar-refractivity contribution in [3.63, 3.8) is 0 Å².